The van der Waals surface area contributed by atoms with Gasteiger partial charge in [0.25, 0.3) is 0 Å². The molecule has 0 aliphatic heterocycles. The first-order valence-corrected chi connectivity index (χ1v) is 19.0. The van der Waals surface area contributed by atoms with Crippen LogP contribution >= 0.6 is 7.28 Å². The van der Waals surface area contributed by atoms with Crippen LogP contribution in [0.1, 0.15) is 105 Å². The monoisotopic (exact) mass is 666 g/mol. The van der Waals surface area contributed by atoms with Gasteiger partial charge in [0, 0.05) is 0 Å². The molecule has 3 N–H and O–H groups in total. The molecule has 5 rings (SSSR count). The summed E-state index contributed by atoms with van der Waals surface area (Å²) >= 11 is 0. The molecule has 4 nitrogen and oxygen atoms in total. The summed E-state index contributed by atoms with van der Waals surface area (Å²) in [4.78, 5) is 37.9. The van der Waals surface area contributed by atoms with Gasteiger partial charge >= 0.3 is 289 Å². The van der Waals surface area contributed by atoms with Crippen molar-refractivity contribution in [2.75, 3.05) is 7.11 Å². The number of hydrogen-bond donors (Lipinski definition) is 3. The number of methoxy groups -OCH3 is 1. The molecule has 0 saturated heterocycles. The zero-order chi connectivity index (χ0) is 35.9. The molecule has 5 aromatic rings. The van der Waals surface area contributed by atoms with Gasteiger partial charge in [-0.1, -0.05) is 0 Å². The second-order valence-corrected chi connectivity index (χ2v) is 20.7. The Bertz CT molecular complexity index is 2040. The zero-order valence-corrected chi connectivity index (χ0v) is 32.1. The first-order chi connectivity index (χ1) is 21.8. The van der Waals surface area contributed by atoms with Crippen molar-refractivity contribution in [3.8, 4) is 16.9 Å². The molecular weight excluding hydrogens is 611 g/mol. The summed E-state index contributed by atoms with van der Waals surface area (Å²) in [6.45, 7) is 25.8. The van der Waals surface area contributed by atoms with Crippen molar-refractivity contribution in [3.05, 3.63) is 101 Å². The molecular formula is C43H55O4P. The van der Waals surface area contributed by atoms with Crippen molar-refractivity contribution in [1.29, 1.82) is 0 Å². The van der Waals surface area contributed by atoms with Crippen molar-refractivity contribution in [2.45, 2.75) is 105 Å². The number of hydrogen-bond acceptors (Lipinski definition) is 4. The molecule has 0 aliphatic carbocycles. The fourth-order valence-electron chi connectivity index (χ4n) is 6.65. The molecule has 0 aliphatic rings. The molecule has 0 amide bonds. The van der Waals surface area contributed by atoms with Gasteiger partial charge < -0.3 is 0 Å². The number of ether oxygens (including phenoxy) is 1. The Labute approximate surface area is 288 Å². The Morgan fingerprint density at radius 3 is 1.38 bits per heavy atom. The van der Waals surface area contributed by atoms with Gasteiger partial charge in [-0.2, -0.15) is 0 Å². The molecule has 0 heterocycles. The molecule has 0 saturated carbocycles. The molecule has 0 fully saturated rings. The summed E-state index contributed by atoms with van der Waals surface area (Å²) < 4.78 is 5.69. The van der Waals surface area contributed by atoms with E-state index in [1.165, 1.54) is 11.1 Å². The van der Waals surface area contributed by atoms with Crippen LogP contribution in [-0.2, 0) is 21.7 Å². The predicted molar refractivity (Wildman–Crippen MR) is 208 cm³/mol. The van der Waals surface area contributed by atoms with Gasteiger partial charge in [0.2, 0.25) is 0 Å². The summed E-state index contributed by atoms with van der Waals surface area (Å²) in [5.74, 6) is 0.563. The van der Waals surface area contributed by atoms with E-state index in [2.05, 4.69) is 105 Å². The van der Waals surface area contributed by atoms with Crippen LogP contribution in [0.25, 0.3) is 32.7 Å². The fraction of sp³-hybridized carbons (Fsp3) is 0.395. The number of fused-ring (bicyclic) bond motifs is 2. The minimum atomic E-state index is -5.80. The Morgan fingerprint density at radius 2 is 0.917 bits per heavy atom. The molecule has 5 heteroatoms. The second-order valence-electron chi connectivity index (χ2n) is 17.8. The quantitative estimate of drug-likeness (QED) is 0.167. The van der Waals surface area contributed by atoms with Crippen molar-refractivity contribution in [2.24, 2.45) is 0 Å². The van der Waals surface area contributed by atoms with Gasteiger partial charge in [-0.3, -0.25) is 0 Å². The van der Waals surface area contributed by atoms with Crippen LogP contribution in [0.4, 0.5) is 0 Å². The van der Waals surface area contributed by atoms with E-state index in [0.29, 0.717) is 16.9 Å². The molecule has 0 spiro atoms. The SMILES string of the molecule is COc1ccc(P(O)(O)(O)c2cc3ccc(C(C)(C)C)cc3cc2C(C)(C)C)c(-c2cc3ccc(C(C)(C)C)cc3cc2C(C)(C)C)c1. The maximum absolute atomic E-state index is 12.6. The molecule has 48 heavy (non-hydrogen) atoms. The van der Waals surface area contributed by atoms with Gasteiger partial charge in [0.1, 0.15) is 0 Å². The van der Waals surface area contributed by atoms with Crippen LogP contribution in [0.15, 0.2) is 78.9 Å². The first kappa shape index (κ1) is 36.0. The normalized spacial score (nSPS) is 14.3. The first-order valence-electron chi connectivity index (χ1n) is 16.9. The predicted octanol–water partition coefficient (Wildman–Crippen LogP) is 10.1. The molecule has 0 atom stereocenters. The summed E-state index contributed by atoms with van der Waals surface area (Å²) in [5, 5.41) is 4.23. The van der Waals surface area contributed by atoms with Crippen molar-refractivity contribution >= 4 is 39.4 Å². The third kappa shape index (κ3) is 6.66. The van der Waals surface area contributed by atoms with Crippen LogP contribution in [0.2, 0.25) is 0 Å². The van der Waals surface area contributed by atoms with E-state index in [1.807, 2.05) is 39.0 Å². The van der Waals surface area contributed by atoms with Crippen LogP contribution < -0.4 is 15.3 Å². The molecule has 0 unspecified atom stereocenters. The van der Waals surface area contributed by atoms with Crippen LogP contribution in [0.3, 0.4) is 0 Å². The summed E-state index contributed by atoms with van der Waals surface area (Å²) in [6, 6.07) is 26.1. The number of rotatable bonds is 4. The molecule has 0 aromatic heterocycles. The van der Waals surface area contributed by atoms with E-state index in [0.717, 1.165) is 32.7 Å². The summed E-state index contributed by atoms with van der Waals surface area (Å²) in [7, 11) is -4.20. The van der Waals surface area contributed by atoms with E-state index in [1.54, 1.807) is 25.3 Å². The van der Waals surface area contributed by atoms with E-state index in [4.69, 9.17) is 4.74 Å². The molecule has 0 bridgehead atoms. The zero-order valence-electron chi connectivity index (χ0n) is 31.2. The number of benzene rings is 5. The van der Waals surface area contributed by atoms with Gasteiger partial charge in [-0.05, 0) is 0 Å². The third-order valence-electron chi connectivity index (χ3n) is 9.66. The summed E-state index contributed by atoms with van der Waals surface area (Å²) in [6.07, 6.45) is 0. The van der Waals surface area contributed by atoms with E-state index in [9.17, 15) is 14.7 Å². The van der Waals surface area contributed by atoms with Gasteiger partial charge in [-0.25, -0.2) is 0 Å². The van der Waals surface area contributed by atoms with Gasteiger partial charge in [0.05, 0.1) is 0 Å². The van der Waals surface area contributed by atoms with Crippen molar-refractivity contribution < 1.29 is 19.4 Å². The van der Waals surface area contributed by atoms with Crippen molar-refractivity contribution in [3.63, 3.8) is 0 Å². The maximum atomic E-state index is 12.6. The fourth-order valence-corrected chi connectivity index (χ4v) is 9.11. The average molecular weight is 667 g/mol. The standard InChI is InChI=1S/C43H55O4P/c1-40(2,3)31-16-14-27-22-34(36(42(7,8)9)23-29(27)20-31)35-26-33(47-13)18-19-38(35)48(44,45,46)39-25-28-15-17-32(41(4,5)6)21-30(28)24-37(39)43(10,11)12/h14-26,44-46H,1-13H3. The van der Waals surface area contributed by atoms with Crippen LogP contribution in [-0.4, -0.2) is 21.8 Å². The Kier molecular flexibility index (Phi) is 8.55. The molecule has 256 valence electrons. The average Bonchev–Trinajstić information content (AvgIpc) is 2.96. The Morgan fingerprint density at radius 1 is 0.438 bits per heavy atom. The van der Waals surface area contributed by atoms with E-state index >= 15 is 0 Å². The summed E-state index contributed by atoms with van der Waals surface area (Å²) in [5.41, 5.74) is 4.67. The minimum absolute atomic E-state index is 0.00440. The van der Waals surface area contributed by atoms with E-state index < -0.39 is 12.7 Å². The topological polar surface area (TPSA) is 69.9 Å². The third-order valence-corrected chi connectivity index (χ3v) is 12.2. The Balaban J connectivity index is 1.87. The second kappa shape index (κ2) is 11.4. The van der Waals surface area contributed by atoms with Gasteiger partial charge in [-0.15, -0.1) is 0 Å². The van der Waals surface area contributed by atoms with Gasteiger partial charge in [0.15, 0.2) is 0 Å². The van der Waals surface area contributed by atoms with E-state index in [-0.39, 0.29) is 26.9 Å². The molecule has 5 aromatic carbocycles. The van der Waals surface area contributed by atoms with Crippen molar-refractivity contribution in [1.82, 2.24) is 0 Å². The Hall–Kier alpha value is -3.27. The van der Waals surface area contributed by atoms with Crippen LogP contribution in [0, 0.1) is 0 Å². The molecule has 0 radical (unpaired) electrons. The van der Waals surface area contributed by atoms with Crippen LogP contribution in [0.5, 0.6) is 5.75 Å².